The molecular weight excluding hydrogens is 305 g/mol. The predicted molar refractivity (Wildman–Crippen MR) is 71.5 cm³/mol. The zero-order valence-electron chi connectivity index (χ0n) is 8.85. The van der Waals surface area contributed by atoms with Gasteiger partial charge < -0.3 is 10.2 Å². The van der Waals surface area contributed by atoms with Gasteiger partial charge in [-0.15, -0.1) is 0 Å². The van der Waals surface area contributed by atoms with Crippen molar-refractivity contribution in [2.75, 3.05) is 5.33 Å². The van der Waals surface area contributed by atoms with Gasteiger partial charge in [0.1, 0.15) is 6.10 Å². The van der Waals surface area contributed by atoms with Gasteiger partial charge in [-0.1, -0.05) is 39.7 Å². The van der Waals surface area contributed by atoms with Gasteiger partial charge in [0.2, 0.25) is 0 Å². The zero-order valence-corrected chi connectivity index (χ0v) is 11.2. The van der Waals surface area contributed by atoms with Crippen LogP contribution in [0.15, 0.2) is 30.5 Å². The lowest BCUT2D eigenvalue weighted by Gasteiger charge is -2.16. The summed E-state index contributed by atoms with van der Waals surface area (Å²) in [5.41, 5.74) is 1.33. The van der Waals surface area contributed by atoms with Crippen LogP contribution in [0.4, 0.5) is 0 Å². The standard InChI is InChI=1S/C12H11BrClNO2/c13-6-11(16)12(17)7-1-2-8-9(14)3-4-15-10(8)5-7/h1-5,11-12,16-17H,6H2. The van der Waals surface area contributed by atoms with Gasteiger partial charge in [-0.25, -0.2) is 0 Å². The first-order valence-electron chi connectivity index (χ1n) is 5.09. The van der Waals surface area contributed by atoms with Crippen LogP contribution in [0.5, 0.6) is 0 Å². The third-order valence-corrected chi connectivity index (χ3v) is 3.57. The molecule has 0 aliphatic rings. The molecule has 3 nitrogen and oxygen atoms in total. The van der Waals surface area contributed by atoms with E-state index in [1.54, 1.807) is 30.5 Å². The van der Waals surface area contributed by atoms with E-state index in [0.29, 0.717) is 21.4 Å². The Bertz CT molecular complexity index is 535. The molecule has 0 saturated heterocycles. The second kappa shape index (κ2) is 5.31. The highest BCUT2D eigenvalue weighted by Crippen LogP contribution is 2.26. The molecule has 90 valence electrons. The molecule has 1 aromatic heterocycles. The lowest BCUT2D eigenvalue weighted by molar-refractivity contribution is 0.0343. The Labute approximate surface area is 112 Å². The minimum Gasteiger partial charge on any atom is -0.389 e. The molecule has 1 heterocycles. The molecule has 2 unspecified atom stereocenters. The molecular formula is C12H11BrClNO2. The molecule has 2 N–H and O–H groups in total. The van der Waals surface area contributed by atoms with E-state index in [2.05, 4.69) is 20.9 Å². The van der Waals surface area contributed by atoms with E-state index >= 15 is 0 Å². The molecule has 2 rings (SSSR count). The summed E-state index contributed by atoms with van der Waals surface area (Å²) in [6, 6.07) is 6.99. The number of aromatic nitrogens is 1. The first-order valence-corrected chi connectivity index (χ1v) is 6.59. The monoisotopic (exact) mass is 315 g/mol. The number of halogens is 2. The first-order chi connectivity index (χ1) is 8.13. The van der Waals surface area contributed by atoms with E-state index in [0.717, 1.165) is 5.39 Å². The van der Waals surface area contributed by atoms with Gasteiger partial charge in [0.15, 0.2) is 0 Å². The van der Waals surface area contributed by atoms with Crippen molar-refractivity contribution in [2.24, 2.45) is 0 Å². The summed E-state index contributed by atoms with van der Waals surface area (Å²) in [4.78, 5) is 4.18. The van der Waals surface area contributed by atoms with E-state index in [-0.39, 0.29) is 0 Å². The molecule has 0 aliphatic carbocycles. The summed E-state index contributed by atoms with van der Waals surface area (Å²) in [7, 11) is 0. The van der Waals surface area contributed by atoms with Crippen LogP contribution < -0.4 is 0 Å². The van der Waals surface area contributed by atoms with Crippen molar-refractivity contribution in [1.29, 1.82) is 0 Å². The maximum absolute atomic E-state index is 9.88. The van der Waals surface area contributed by atoms with Gasteiger partial charge in [-0.2, -0.15) is 0 Å². The van der Waals surface area contributed by atoms with Gasteiger partial charge in [-0.05, 0) is 17.7 Å². The van der Waals surface area contributed by atoms with E-state index in [9.17, 15) is 10.2 Å². The molecule has 0 saturated carbocycles. The molecule has 0 aliphatic heterocycles. The predicted octanol–water partition coefficient (Wildman–Crippen LogP) is 2.68. The van der Waals surface area contributed by atoms with Crippen molar-refractivity contribution in [3.8, 4) is 0 Å². The SMILES string of the molecule is OC(CBr)C(O)c1ccc2c(Cl)ccnc2c1. The topological polar surface area (TPSA) is 53.4 Å². The Hall–Kier alpha value is -0.680. The fraction of sp³-hybridized carbons (Fsp3) is 0.250. The second-order valence-electron chi connectivity index (χ2n) is 3.74. The number of pyridine rings is 1. The molecule has 0 amide bonds. The van der Waals surface area contributed by atoms with Crippen LogP contribution in [-0.2, 0) is 0 Å². The van der Waals surface area contributed by atoms with Gasteiger partial charge in [0.25, 0.3) is 0 Å². The van der Waals surface area contributed by atoms with Crippen molar-refractivity contribution in [2.45, 2.75) is 12.2 Å². The Morgan fingerprint density at radius 1 is 1.29 bits per heavy atom. The highest BCUT2D eigenvalue weighted by Gasteiger charge is 2.17. The number of nitrogens with zero attached hydrogens (tertiary/aromatic N) is 1. The average Bonchev–Trinajstić information content (AvgIpc) is 2.37. The fourth-order valence-electron chi connectivity index (χ4n) is 1.62. The molecule has 2 atom stereocenters. The molecule has 0 fully saturated rings. The van der Waals surface area contributed by atoms with E-state index in [4.69, 9.17) is 11.6 Å². The van der Waals surface area contributed by atoms with Crippen molar-refractivity contribution in [3.63, 3.8) is 0 Å². The van der Waals surface area contributed by atoms with Crippen molar-refractivity contribution in [1.82, 2.24) is 4.98 Å². The van der Waals surface area contributed by atoms with Crippen LogP contribution in [0.25, 0.3) is 10.9 Å². The van der Waals surface area contributed by atoms with Crippen LogP contribution in [0, 0.1) is 0 Å². The Kier molecular flexibility index (Phi) is 3.99. The summed E-state index contributed by atoms with van der Waals surface area (Å²) in [5, 5.41) is 21.2. The number of hydrogen-bond acceptors (Lipinski definition) is 3. The Morgan fingerprint density at radius 3 is 2.76 bits per heavy atom. The van der Waals surface area contributed by atoms with Gasteiger partial charge in [0, 0.05) is 16.9 Å². The summed E-state index contributed by atoms with van der Waals surface area (Å²) in [6.07, 6.45) is -0.159. The fourth-order valence-corrected chi connectivity index (χ4v) is 2.19. The van der Waals surface area contributed by atoms with Crippen molar-refractivity contribution >= 4 is 38.4 Å². The molecule has 0 bridgehead atoms. The number of rotatable bonds is 3. The Morgan fingerprint density at radius 2 is 2.06 bits per heavy atom. The number of aliphatic hydroxyl groups is 2. The summed E-state index contributed by atoms with van der Waals surface area (Å²) in [6.45, 7) is 0. The molecule has 1 aromatic carbocycles. The third-order valence-electron chi connectivity index (χ3n) is 2.58. The summed E-state index contributed by atoms with van der Waals surface area (Å²) in [5.74, 6) is 0. The molecule has 0 radical (unpaired) electrons. The minimum absolute atomic E-state index is 0.315. The number of benzene rings is 1. The normalized spacial score (nSPS) is 14.8. The third kappa shape index (κ3) is 2.60. The number of fused-ring (bicyclic) bond motifs is 1. The van der Waals surface area contributed by atoms with Crippen LogP contribution in [-0.4, -0.2) is 26.6 Å². The van der Waals surface area contributed by atoms with Crippen LogP contribution >= 0.6 is 27.5 Å². The number of aliphatic hydroxyl groups excluding tert-OH is 2. The minimum atomic E-state index is -0.931. The number of hydrogen-bond donors (Lipinski definition) is 2. The molecule has 17 heavy (non-hydrogen) atoms. The maximum Gasteiger partial charge on any atom is 0.106 e. The van der Waals surface area contributed by atoms with Crippen molar-refractivity contribution < 1.29 is 10.2 Å². The van der Waals surface area contributed by atoms with E-state index < -0.39 is 12.2 Å². The highest BCUT2D eigenvalue weighted by atomic mass is 79.9. The summed E-state index contributed by atoms with van der Waals surface area (Å²) < 4.78 is 0. The lowest BCUT2D eigenvalue weighted by Crippen LogP contribution is -2.19. The highest BCUT2D eigenvalue weighted by molar-refractivity contribution is 9.09. The summed E-state index contributed by atoms with van der Waals surface area (Å²) >= 11 is 9.15. The van der Waals surface area contributed by atoms with Gasteiger partial charge >= 0.3 is 0 Å². The molecule has 5 heteroatoms. The van der Waals surface area contributed by atoms with Gasteiger partial charge in [0.05, 0.1) is 16.6 Å². The molecule has 0 spiro atoms. The molecule has 2 aromatic rings. The van der Waals surface area contributed by atoms with Crippen LogP contribution in [0.3, 0.4) is 0 Å². The smallest absolute Gasteiger partial charge is 0.106 e. The largest absolute Gasteiger partial charge is 0.389 e. The van der Waals surface area contributed by atoms with Gasteiger partial charge in [-0.3, -0.25) is 4.98 Å². The van der Waals surface area contributed by atoms with E-state index in [1.807, 2.05) is 0 Å². The maximum atomic E-state index is 9.88. The zero-order chi connectivity index (χ0) is 12.4. The lowest BCUT2D eigenvalue weighted by atomic mass is 10.0. The van der Waals surface area contributed by atoms with Crippen LogP contribution in [0.2, 0.25) is 5.02 Å². The van der Waals surface area contributed by atoms with Crippen LogP contribution in [0.1, 0.15) is 11.7 Å². The second-order valence-corrected chi connectivity index (χ2v) is 4.79. The number of alkyl halides is 1. The quantitative estimate of drug-likeness (QED) is 0.856. The average molecular weight is 317 g/mol. The Balaban J connectivity index is 2.45. The first kappa shape index (κ1) is 12.8. The van der Waals surface area contributed by atoms with E-state index in [1.165, 1.54) is 0 Å². The van der Waals surface area contributed by atoms with Crippen molar-refractivity contribution in [3.05, 3.63) is 41.0 Å².